The van der Waals surface area contributed by atoms with Crippen molar-refractivity contribution in [2.24, 2.45) is 0 Å². The molecule has 0 saturated carbocycles. The molecule has 0 aromatic heterocycles. The summed E-state index contributed by atoms with van der Waals surface area (Å²) < 4.78 is 26.5. The first-order valence-electron chi connectivity index (χ1n) is 9.78. The summed E-state index contributed by atoms with van der Waals surface area (Å²) in [6.45, 7) is 0.0854. The minimum atomic E-state index is -3.79. The molecule has 6 nitrogen and oxygen atoms in total. The van der Waals surface area contributed by atoms with Crippen molar-refractivity contribution < 1.29 is 13.2 Å². The number of rotatable bonds is 8. The SMILES string of the molecule is CN(CCC#N)S(=O)(=O)c1cccc(C(=O)Nc2ccccc2Cc2ccccc2)c1. The highest BCUT2D eigenvalue weighted by Crippen LogP contribution is 2.21. The summed E-state index contributed by atoms with van der Waals surface area (Å²) in [4.78, 5) is 12.9. The van der Waals surface area contributed by atoms with Gasteiger partial charge in [0.1, 0.15) is 0 Å². The highest BCUT2D eigenvalue weighted by Gasteiger charge is 2.21. The van der Waals surface area contributed by atoms with Crippen LogP contribution >= 0.6 is 0 Å². The zero-order valence-corrected chi connectivity index (χ0v) is 18.0. The molecule has 0 spiro atoms. The molecule has 0 radical (unpaired) electrons. The Hall–Kier alpha value is -3.47. The molecule has 3 aromatic rings. The maximum atomic E-state index is 12.9. The predicted molar refractivity (Wildman–Crippen MR) is 120 cm³/mol. The fraction of sp³-hybridized carbons (Fsp3) is 0.167. The summed E-state index contributed by atoms with van der Waals surface area (Å²) in [5, 5.41) is 11.6. The number of sulfonamides is 1. The van der Waals surface area contributed by atoms with Gasteiger partial charge in [0.05, 0.1) is 11.0 Å². The monoisotopic (exact) mass is 433 g/mol. The van der Waals surface area contributed by atoms with E-state index in [2.05, 4.69) is 5.32 Å². The lowest BCUT2D eigenvalue weighted by molar-refractivity contribution is 0.102. The van der Waals surface area contributed by atoms with Gasteiger partial charge < -0.3 is 5.32 Å². The molecule has 0 aliphatic heterocycles. The Balaban J connectivity index is 1.81. The molecule has 0 aliphatic carbocycles. The molecule has 3 aromatic carbocycles. The van der Waals surface area contributed by atoms with E-state index in [1.54, 1.807) is 6.07 Å². The number of nitrogens with one attached hydrogen (secondary N) is 1. The van der Waals surface area contributed by atoms with Gasteiger partial charge in [-0.05, 0) is 41.8 Å². The van der Waals surface area contributed by atoms with Gasteiger partial charge in [-0.3, -0.25) is 4.79 Å². The van der Waals surface area contributed by atoms with E-state index >= 15 is 0 Å². The molecule has 158 valence electrons. The van der Waals surface area contributed by atoms with Crippen LogP contribution in [0.25, 0.3) is 0 Å². The standard InChI is InChI=1S/C24H23N3O3S/c1-27(16-8-15-25)31(29,30)22-13-7-12-21(18-22)24(28)26-23-14-6-5-11-20(23)17-19-9-3-2-4-10-19/h2-7,9-14,18H,8,16-17H2,1H3,(H,26,28). The maximum Gasteiger partial charge on any atom is 0.255 e. The van der Waals surface area contributed by atoms with Crippen LogP contribution in [0.1, 0.15) is 27.9 Å². The number of amides is 1. The molecule has 0 fully saturated rings. The van der Waals surface area contributed by atoms with Gasteiger partial charge in [0, 0.05) is 31.3 Å². The Kier molecular flexibility index (Phi) is 7.19. The second-order valence-corrected chi connectivity index (χ2v) is 9.08. The summed E-state index contributed by atoms with van der Waals surface area (Å²) in [7, 11) is -2.37. The van der Waals surface area contributed by atoms with E-state index in [0.29, 0.717) is 12.1 Å². The second kappa shape index (κ2) is 10.0. The Bertz CT molecular complexity index is 1200. The van der Waals surface area contributed by atoms with Crippen molar-refractivity contribution in [3.8, 4) is 6.07 Å². The van der Waals surface area contributed by atoms with Gasteiger partial charge in [0.2, 0.25) is 10.0 Å². The Morgan fingerprint density at radius 1 is 1.00 bits per heavy atom. The Labute approximate surface area is 182 Å². The number of hydrogen-bond donors (Lipinski definition) is 1. The minimum absolute atomic E-state index is 0.0122. The molecular formula is C24H23N3O3S. The van der Waals surface area contributed by atoms with E-state index in [4.69, 9.17) is 5.26 Å². The van der Waals surface area contributed by atoms with Crippen LogP contribution in [0, 0.1) is 11.3 Å². The first-order valence-corrected chi connectivity index (χ1v) is 11.2. The van der Waals surface area contributed by atoms with Gasteiger partial charge in [0.15, 0.2) is 0 Å². The lowest BCUT2D eigenvalue weighted by atomic mass is 10.0. The molecule has 31 heavy (non-hydrogen) atoms. The number of carbonyl (C=O) groups excluding carboxylic acids is 1. The summed E-state index contributed by atoms with van der Waals surface area (Å²) in [6, 6.07) is 25.3. The molecule has 3 rings (SSSR count). The van der Waals surface area contributed by atoms with Crippen LogP contribution in [0.15, 0.2) is 83.8 Å². The molecule has 1 N–H and O–H groups in total. The molecule has 0 aliphatic rings. The first-order chi connectivity index (χ1) is 14.9. The third kappa shape index (κ3) is 5.57. The molecular weight excluding hydrogens is 410 g/mol. The van der Waals surface area contributed by atoms with Crippen LogP contribution in [0.5, 0.6) is 0 Å². The Morgan fingerprint density at radius 3 is 2.45 bits per heavy atom. The van der Waals surface area contributed by atoms with Gasteiger partial charge in [-0.25, -0.2) is 8.42 Å². The normalized spacial score (nSPS) is 11.1. The topological polar surface area (TPSA) is 90.3 Å². The minimum Gasteiger partial charge on any atom is -0.322 e. The average molecular weight is 434 g/mol. The van der Waals surface area contributed by atoms with E-state index in [9.17, 15) is 13.2 Å². The van der Waals surface area contributed by atoms with Gasteiger partial charge in [-0.15, -0.1) is 0 Å². The maximum absolute atomic E-state index is 12.9. The van der Waals surface area contributed by atoms with Crippen molar-refractivity contribution in [3.05, 3.63) is 95.6 Å². The molecule has 0 saturated heterocycles. The average Bonchev–Trinajstić information content (AvgIpc) is 2.79. The van der Waals surface area contributed by atoms with Gasteiger partial charge in [-0.1, -0.05) is 54.6 Å². The summed E-state index contributed by atoms with van der Waals surface area (Å²) in [5.41, 5.74) is 3.00. The third-order valence-corrected chi connectivity index (χ3v) is 6.70. The number of para-hydroxylation sites is 1. The van der Waals surface area contributed by atoms with E-state index in [-0.39, 0.29) is 23.4 Å². The van der Waals surface area contributed by atoms with E-state index in [0.717, 1.165) is 15.4 Å². The third-order valence-electron chi connectivity index (χ3n) is 4.85. The van der Waals surface area contributed by atoms with Crippen molar-refractivity contribution in [1.29, 1.82) is 5.26 Å². The predicted octanol–water partition coefficient (Wildman–Crippen LogP) is 4.06. The van der Waals surface area contributed by atoms with Gasteiger partial charge in [0.25, 0.3) is 5.91 Å². The lowest BCUT2D eigenvalue weighted by Gasteiger charge is -2.16. The van der Waals surface area contributed by atoms with Crippen molar-refractivity contribution in [2.75, 3.05) is 18.9 Å². The van der Waals surface area contributed by atoms with Crippen LogP contribution in [0.2, 0.25) is 0 Å². The first kappa shape index (κ1) is 22.2. The lowest BCUT2D eigenvalue weighted by Crippen LogP contribution is -2.28. The molecule has 0 atom stereocenters. The fourth-order valence-corrected chi connectivity index (χ4v) is 4.33. The number of carbonyl (C=O) groups is 1. The van der Waals surface area contributed by atoms with E-state index in [1.807, 2.05) is 60.7 Å². The molecule has 7 heteroatoms. The number of hydrogen-bond acceptors (Lipinski definition) is 4. The number of anilines is 1. The van der Waals surface area contributed by atoms with Crippen LogP contribution in [-0.2, 0) is 16.4 Å². The number of nitriles is 1. The van der Waals surface area contributed by atoms with Crippen LogP contribution < -0.4 is 5.32 Å². The Morgan fingerprint density at radius 2 is 1.71 bits per heavy atom. The largest absolute Gasteiger partial charge is 0.322 e. The number of benzene rings is 3. The molecule has 0 bridgehead atoms. The van der Waals surface area contributed by atoms with Crippen molar-refractivity contribution >= 4 is 21.6 Å². The summed E-state index contributed by atoms with van der Waals surface area (Å²) in [6.07, 6.45) is 0.753. The fourth-order valence-electron chi connectivity index (χ4n) is 3.11. The smallest absolute Gasteiger partial charge is 0.255 e. The van der Waals surface area contributed by atoms with Crippen molar-refractivity contribution in [2.45, 2.75) is 17.7 Å². The zero-order chi connectivity index (χ0) is 22.3. The molecule has 0 heterocycles. The number of nitrogens with zero attached hydrogens (tertiary/aromatic N) is 2. The van der Waals surface area contributed by atoms with Crippen molar-refractivity contribution in [3.63, 3.8) is 0 Å². The quantitative estimate of drug-likeness (QED) is 0.580. The highest BCUT2D eigenvalue weighted by molar-refractivity contribution is 7.89. The van der Waals surface area contributed by atoms with E-state index in [1.165, 1.54) is 25.2 Å². The van der Waals surface area contributed by atoms with Crippen LogP contribution in [0.3, 0.4) is 0 Å². The summed E-state index contributed by atoms with van der Waals surface area (Å²) in [5.74, 6) is -0.391. The van der Waals surface area contributed by atoms with E-state index < -0.39 is 15.9 Å². The second-order valence-electron chi connectivity index (χ2n) is 7.04. The molecule has 0 unspecified atom stereocenters. The summed E-state index contributed by atoms with van der Waals surface area (Å²) >= 11 is 0. The molecule has 1 amide bonds. The van der Waals surface area contributed by atoms with Crippen LogP contribution in [-0.4, -0.2) is 32.2 Å². The van der Waals surface area contributed by atoms with Crippen LogP contribution in [0.4, 0.5) is 5.69 Å². The highest BCUT2D eigenvalue weighted by atomic mass is 32.2. The van der Waals surface area contributed by atoms with Crippen molar-refractivity contribution in [1.82, 2.24) is 4.31 Å². The van der Waals surface area contributed by atoms with Gasteiger partial charge in [-0.2, -0.15) is 9.57 Å². The van der Waals surface area contributed by atoms with Gasteiger partial charge >= 0.3 is 0 Å². The zero-order valence-electron chi connectivity index (χ0n) is 17.2.